The van der Waals surface area contributed by atoms with E-state index in [0.717, 1.165) is 19.3 Å². The highest BCUT2D eigenvalue weighted by atomic mass is 32.2. The minimum atomic E-state index is -1.35. The molecular weight excluding hydrogens is 417 g/mol. The Morgan fingerprint density at radius 2 is 1.12 bits per heavy atom. The summed E-state index contributed by atoms with van der Waals surface area (Å²) in [7, 11) is -2.58. The van der Waals surface area contributed by atoms with Gasteiger partial charge in [0.15, 0.2) is 0 Å². The summed E-state index contributed by atoms with van der Waals surface area (Å²) in [5, 5.41) is 10.7. The summed E-state index contributed by atoms with van der Waals surface area (Å²) in [5.74, 6) is 0. The van der Waals surface area contributed by atoms with E-state index in [2.05, 4.69) is 87.8 Å². The maximum atomic E-state index is 10.7. The molecule has 0 heterocycles. The van der Waals surface area contributed by atoms with Gasteiger partial charge in [-0.15, -0.1) is 0 Å². The number of hydrogen-bond acceptors (Lipinski definition) is 5. The molecule has 0 rings (SSSR count). The quantitative estimate of drug-likeness (QED) is 0.183. The van der Waals surface area contributed by atoms with Crippen molar-refractivity contribution in [3.63, 3.8) is 0 Å². The zero-order chi connectivity index (χ0) is 19.9. The van der Waals surface area contributed by atoms with Crippen LogP contribution in [0.1, 0.15) is 32.1 Å². The lowest BCUT2D eigenvalue weighted by Crippen LogP contribution is -2.48. The van der Waals surface area contributed by atoms with Crippen molar-refractivity contribution in [3.05, 3.63) is 0 Å². The maximum absolute atomic E-state index is 10.7. The number of hydrogen-bond donors (Lipinski definition) is 1. The van der Waals surface area contributed by atoms with E-state index in [0.29, 0.717) is 3.70 Å². The van der Waals surface area contributed by atoms with Crippen molar-refractivity contribution in [2.45, 2.75) is 84.9 Å². The van der Waals surface area contributed by atoms with Gasteiger partial charge in [0, 0.05) is 0 Å². The number of aliphatic hydroxyl groups is 1. The summed E-state index contributed by atoms with van der Waals surface area (Å²) < 4.78 is 0.644. The lowest BCUT2D eigenvalue weighted by Gasteiger charge is -2.42. The highest BCUT2D eigenvalue weighted by Crippen LogP contribution is 2.47. The molecule has 0 spiro atoms. The van der Waals surface area contributed by atoms with Crippen molar-refractivity contribution in [3.8, 4) is 0 Å². The molecule has 0 aliphatic carbocycles. The van der Waals surface area contributed by atoms with Crippen LogP contribution in [-0.4, -0.2) is 59.8 Å². The van der Waals surface area contributed by atoms with Crippen molar-refractivity contribution < 1.29 is 5.11 Å². The second kappa shape index (κ2) is 11.1. The maximum Gasteiger partial charge on any atom is 0.0753 e. The Bertz CT molecular complexity index is 372. The van der Waals surface area contributed by atoms with Crippen LogP contribution in [0.25, 0.3) is 0 Å². The first-order chi connectivity index (χ1) is 11.3. The fourth-order valence-corrected chi connectivity index (χ4v) is 17.9. The van der Waals surface area contributed by atoms with Crippen LogP contribution in [0.3, 0.4) is 0 Å². The Hall–Kier alpha value is 1.79. The van der Waals surface area contributed by atoms with Crippen LogP contribution >= 0.6 is 47.0 Å². The molecule has 0 aromatic heterocycles. The first-order valence-corrected chi connectivity index (χ1v) is 21.1. The molecule has 152 valence electrons. The van der Waals surface area contributed by atoms with E-state index in [1.165, 1.54) is 12.8 Å². The molecule has 0 aromatic carbocycles. The van der Waals surface area contributed by atoms with Gasteiger partial charge in [0.1, 0.15) is 0 Å². The molecule has 0 fully saturated rings. The van der Waals surface area contributed by atoms with E-state index in [1.807, 2.05) is 23.5 Å². The van der Waals surface area contributed by atoms with Crippen molar-refractivity contribution >= 4 is 63.2 Å². The summed E-state index contributed by atoms with van der Waals surface area (Å²) in [6.07, 6.45) is 14.4. The van der Waals surface area contributed by atoms with Crippen LogP contribution in [0.2, 0.25) is 39.3 Å². The molecule has 25 heavy (non-hydrogen) atoms. The summed E-state index contributed by atoms with van der Waals surface area (Å²) in [5.41, 5.74) is 0. The molecule has 1 atom stereocenters. The van der Waals surface area contributed by atoms with Crippen LogP contribution in [0, 0.1) is 0 Å². The van der Waals surface area contributed by atoms with Gasteiger partial charge in [0.05, 0.1) is 29.7 Å². The predicted molar refractivity (Wildman–Crippen MR) is 135 cm³/mol. The molecule has 1 unspecified atom stereocenters. The van der Waals surface area contributed by atoms with Crippen LogP contribution in [0.15, 0.2) is 0 Å². The summed E-state index contributed by atoms with van der Waals surface area (Å²) in [6.45, 7) is 14.8. The van der Waals surface area contributed by atoms with Crippen LogP contribution < -0.4 is 0 Å². The largest absolute Gasteiger partial charge is 0.393 e. The monoisotopic (exact) mass is 458 g/mol. The minimum Gasteiger partial charge on any atom is -0.393 e. The lowest BCUT2D eigenvalue weighted by atomic mass is 10.1. The first-order valence-electron chi connectivity index (χ1n) is 9.23. The van der Waals surface area contributed by atoms with Gasteiger partial charge >= 0.3 is 0 Å². The Morgan fingerprint density at radius 1 is 0.720 bits per heavy atom. The summed E-state index contributed by atoms with van der Waals surface area (Å²) in [6, 6.07) is 0. The fraction of sp³-hybridized carbons (Fsp3) is 1.00. The fourth-order valence-electron chi connectivity index (χ4n) is 3.59. The summed E-state index contributed by atoms with van der Waals surface area (Å²) >= 11 is 8.07. The van der Waals surface area contributed by atoms with Crippen molar-refractivity contribution in [1.29, 1.82) is 0 Å². The second-order valence-electron chi connectivity index (χ2n) is 8.93. The second-order valence-corrected chi connectivity index (χ2v) is 26.0. The van der Waals surface area contributed by atoms with Crippen LogP contribution in [-0.2, 0) is 0 Å². The SMILES string of the molecule is CSC(CCCCC(O)CC(SC)(SC)[Si](C)(C)C)(SC)[Si](C)(C)C. The molecule has 0 amide bonds. The molecule has 7 heteroatoms. The van der Waals surface area contributed by atoms with E-state index in [9.17, 15) is 5.11 Å². The lowest BCUT2D eigenvalue weighted by molar-refractivity contribution is 0.152. The predicted octanol–water partition coefficient (Wildman–Crippen LogP) is 6.90. The van der Waals surface area contributed by atoms with Gasteiger partial charge in [-0.1, -0.05) is 52.1 Å². The Labute approximate surface area is 177 Å². The molecule has 0 radical (unpaired) electrons. The van der Waals surface area contributed by atoms with Crippen LogP contribution in [0.4, 0.5) is 0 Å². The molecule has 0 bridgehead atoms. The highest BCUT2D eigenvalue weighted by Gasteiger charge is 2.44. The van der Waals surface area contributed by atoms with Gasteiger partial charge < -0.3 is 5.11 Å². The standard InChI is InChI=1S/C18H42OS4Si2/c1-20-17(21-2,24(5,6)7)14-12-11-13-16(19)15-18(22-3,23-4)25(8,9)10/h16,19H,11-15H2,1-10H3. The zero-order valence-electron chi connectivity index (χ0n) is 18.2. The van der Waals surface area contributed by atoms with Crippen LogP contribution in [0.5, 0.6) is 0 Å². The highest BCUT2D eigenvalue weighted by molar-refractivity contribution is 8.20. The molecule has 0 aliphatic rings. The van der Waals surface area contributed by atoms with Crippen molar-refractivity contribution in [1.82, 2.24) is 0 Å². The number of rotatable bonds is 13. The Kier molecular flexibility index (Phi) is 11.9. The first kappa shape index (κ1) is 26.8. The van der Waals surface area contributed by atoms with E-state index in [-0.39, 0.29) is 9.81 Å². The van der Waals surface area contributed by atoms with E-state index in [4.69, 9.17) is 0 Å². The van der Waals surface area contributed by atoms with E-state index < -0.39 is 16.1 Å². The summed E-state index contributed by atoms with van der Waals surface area (Å²) in [4.78, 5) is 0. The van der Waals surface area contributed by atoms with Crippen molar-refractivity contribution in [2.75, 3.05) is 25.0 Å². The third-order valence-corrected chi connectivity index (χ3v) is 25.6. The number of unbranched alkanes of at least 4 members (excludes halogenated alkanes) is 1. The molecule has 0 saturated carbocycles. The Morgan fingerprint density at radius 3 is 1.44 bits per heavy atom. The Balaban J connectivity index is 4.64. The van der Waals surface area contributed by atoms with Gasteiger partial charge in [-0.3, -0.25) is 0 Å². The van der Waals surface area contributed by atoms with Gasteiger partial charge in [-0.05, 0) is 44.3 Å². The van der Waals surface area contributed by atoms with Gasteiger partial charge in [0.25, 0.3) is 0 Å². The molecule has 0 aliphatic heterocycles. The number of aliphatic hydroxyl groups excluding tert-OH is 1. The van der Waals surface area contributed by atoms with Gasteiger partial charge in [-0.25, -0.2) is 0 Å². The van der Waals surface area contributed by atoms with E-state index >= 15 is 0 Å². The zero-order valence-corrected chi connectivity index (χ0v) is 23.5. The molecule has 0 saturated heterocycles. The normalized spacial score (nSPS) is 15.5. The van der Waals surface area contributed by atoms with Gasteiger partial charge in [0.2, 0.25) is 0 Å². The average molecular weight is 459 g/mol. The average Bonchev–Trinajstić information content (AvgIpc) is 2.50. The minimum absolute atomic E-state index is 0.156. The third kappa shape index (κ3) is 7.28. The molecule has 1 N–H and O–H groups in total. The third-order valence-electron chi connectivity index (χ3n) is 5.40. The topological polar surface area (TPSA) is 20.2 Å². The molecule has 1 nitrogen and oxygen atoms in total. The smallest absolute Gasteiger partial charge is 0.0753 e. The van der Waals surface area contributed by atoms with E-state index in [1.54, 1.807) is 0 Å². The molecular formula is C18H42OS4Si2. The van der Waals surface area contributed by atoms with Crippen molar-refractivity contribution in [2.24, 2.45) is 0 Å². The van der Waals surface area contributed by atoms with Gasteiger partial charge in [-0.2, -0.15) is 47.0 Å². The molecule has 0 aromatic rings. The number of thioether (sulfide) groups is 4.